The van der Waals surface area contributed by atoms with Gasteiger partial charge in [0.2, 0.25) is 0 Å². The fourth-order valence-corrected chi connectivity index (χ4v) is 3.47. The molecule has 0 saturated carbocycles. The van der Waals surface area contributed by atoms with Crippen LogP contribution in [0.5, 0.6) is 0 Å². The molecule has 0 radical (unpaired) electrons. The van der Waals surface area contributed by atoms with E-state index < -0.39 is 17.6 Å². The van der Waals surface area contributed by atoms with Gasteiger partial charge in [0.25, 0.3) is 11.8 Å². The highest BCUT2D eigenvalue weighted by Gasteiger charge is 2.40. The summed E-state index contributed by atoms with van der Waals surface area (Å²) in [6, 6.07) is 21.6. The molecule has 1 aliphatic heterocycles. The average molecular weight is 437 g/mol. The van der Waals surface area contributed by atoms with E-state index in [1.54, 1.807) is 48.5 Å². The zero-order chi connectivity index (χ0) is 19.7. The first-order chi connectivity index (χ1) is 13.5. The summed E-state index contributed by atoms with van der Waals surface area (Å²) >= 11 is 3.37. The molecule has 0 saturated heterocycles. The first kappa shape index (κ1) is 18.1. The Morgan fingerprint density at radius 1 is 0.821 bits per heavy atom. The van der Waals surface area contributed by atoms with Crippen molar-refractivity contribution < 1.29 is 14.0 Å². The van der Waals surface area contributed by atoms with Crippen molar-refractivity contribution in [3.8, 4) is 0 Å². The minimum atomic E-state index is -0.494. The van der Waals surface area contributed by atoms with E-state index in [0.29, 0.717) is 16.9 Å². The number of nitrogens with zero attached hydrogens (tertiary/aromatic N) is 1. The van der Waals surface area contributed by atoms with E-state index in [0.717, 1.165) is 9.37 Å². The molecule has 0 aromatic heterocycles. The molecule has 0 unspecified atom stereocenters. The van der Waals surface area contributed by atoms with Crippen molar-refractivity contribution in [2.24, 2.45) is 0 Å². The van der Waals surface area contributed by atoms with Crippen molar-refractivity contribution in [3.05, 3.63) is 100 Å². The van der Waals surface area contributed by atoms with Gasteiger partial charge in [-0.25, -0.2) is 9.29 Å². The molecule has 28 heavy (non-hydrogen) atoms. The van der Waals surface area contributed by atoms with Crippen LogP contribution in [-0.4, -0.2) is 11.8 Å². The van der Waals surface area contributed by atoms with Crippen LogP contribution in [0, 0.1) is 5.82 Å². The van der Waals surface area contributed by atoms with E-state index in [9.17, 15) is 14.0 Å². The second-order valence-corrected chi connectivity index (χ2v) is 7.09. The Labute approximate surface area is 169 Å². The van der Waals surface area contributed by atoms with Gasteiger partial charge >= 0.3 is 0 Å². The Balaban J connectivity index is 1.83. The summed E-state index contributed by atoms with van der Waals surface area (Å²) in [4.78, 5) is 27.5. The summed E-state index contributed by atoms with van der Waals surface area (Å²) in [7, 11) is 0. The van der Waals surface area contributed by atoms with E-state index >= 15 is 0 Å². The molecule has 1 N–H and O–H groups in total. The maximum Gasteiger partial charge on any atom is 0.282 e. The molecule has 0 fully saturated rings. The molecule has 1 heterocycles. The van der Waals surface area contributed by atoms with Crippen molar-refractivity contribution >= 4 is 44.7 Å². The van der Waals surface area contributed by atoms with Crippen molar-refractivity contribution in [2.75, 3.05) is 10.2 Å². The van der Waals surface area contributed by atoms with Gasteiger partial charge < -0.3 is 5.32 Å². The van der Waals surface area contributed by atoms with Crippen LogP contribution in [0.3, 0.4) is 0 Å². The molecule has 4 rings (SSSR count). The molecule has 0 aliphatic carbocycles. The standard InChI is InChI=1S/C22H14BrFN2O2/c23-15-8-4-11-18(12-15)26-21(27)19(14-6-2-1-3-7-14)20(22(26)28)25-17-10-5-9-16(24)13-17/h1-13,25H. The average Bonchev–Trinajstić information content (AvgIpc) is 2.92. The SMILES string of the molecule is O=C1C(Nc2cccc(F)c2)=C(c2ccccc2)C(=O)N1c1cccc(Br)c1. The summed E-state index contributed by atoms with van der Waals surface area (Å²) < 4.78 is 14.3. The number of benzene rings is 3. The summed E-state index contributed by atoms with van der Waals surface area (Å²) in [5.41, 5.74) is 1.81. The van der Waals surface area contributed by atoms with Gasteiger partial charge in [-0.1, -0.05) is 58.4 Å². The molecule has 0 atom stereocenters. The summed E-state index contributed by atoms with van der Waals surface area (Å²) in [6.07, 6.45) is 0. The van der Waals surface area contributed by atoms with Gasteiger partial charge in [0.1, 0.15) is 11.5 Å². The lowest BCUT2D eigenvalue weighted by atomic mass is 10.0. The van der Waals surface area contributed by atoms with Gasteiger partial charge in [-0.15, -0.1) is 0 Å². The predicted octanol–water partition coefficient (Wildman–Crippen LogP) is 4.98. The number of nitrogens with one attached hydrogen (secondary N) is 1. The molecule has 3 aromatic rings. The zero-order valence-corrected chi connectivity index (χ0v) is 16.1. The minimum absolute atomic E-state index is 0.113. The van der Waals surface area contributed by atoms with Crippen molar-refractivity contribution in [2.45, 2.75) is 0 Å². The van der Waals surface area contributed by atoms with Crippen LogP contribution < -0.4 is 10.2 Å². The lowest BCUT2D eigenvalue weighted by molar-refractivity contribution is -0.120. The quantitative estimate of drug-likeness (QED) is 0.586. The number of anilines is 2. The minimum Gasteiger partial charge on any atom is -0.350 e. The molecular formula is C22H14BrFN2O2. The lowest BCUT2D eigenvalue weighted by Gasteiger charge is -2.15. The maximum atomic E-state index is 13.6. The molecular weight excluding hydrogens is 423 g/mol. The largest absolute Gasteiger partial charge is 0.350 e. The first-order valence-electron chi connectivity index (χ1n) is 8.51. The lowest BCUT2D eigenvalue weighted by Crippen LogP contribution is -2.32. The van der Waals surface area contributed by atoms with Crippen LogP contribution in [0.4, 0.5) is 15.8 Å². The predicted molar refractivity (Wildman–Crippen MR) is 110 cm³/mol. The Bertz CT molecular complexity index is 1110. The highest BCUT2D eigenvalue weighted by atomic mass is 79.9. The van der Waals surface area contributed by atoms with Crippen LogP contribution in [-0.2, 0) is 9.59 Å². The third-order valence-electron chi connectivity index (χ3n) is 4.31. The third kappa shape index (κ3) is 3.34. The Morgan fingerprint density at radius 3 is 2.29 bits per heavy atom. The third-order valence-corrected chi connectivity index (χ3v) is 4.80. The number of imide groups is 1. The number of carbonyl (C=O) groups is 2. The van der Waals surface area contributed by atoms with Gasteiger partial charge in [-0.05, 0) is 42.0 Å². The monoisotopic (exact) mass is 436 g/mol. The van der Waals surface area contributed by atoms with Gasteiger partial charge in [-0.3, -0.25) is 9.59 Å². The van der Waals surface area contributed by atoms with E-state index in [2.05, 4.69) is 21.2 Å². The Hall–Kier alpha value is -3.25. The van der Waals surface area contributed by atoms with Gasteiger partial charge in [0.15, 0.2) is 0 Å². The number of halogens is 2. The normalized spacial score (nSPS) is 14.0. The molecule has 6 heteroatoms. The molecule has 3 aromatic carbocycles. The van der Waals surface area contributed by atoms with Crippen molar-refractivity contribution in [1.82, 2.24) is 0 Å². The molecule has 4 nitrogen and oxygen atoms in total. The second kappa shape index (κ2) is 7.40. The zero-order valence-electron chi connectivity index (χ0n) is 14.5. The first-order valence-corrected chi connectivity index (χ1v) is 9.30. The van der Waals surface area contributed by atoms with E-state index in [-0.39, 0.29) is 11.3 Å². The molecule has 0 spiro atoms. The van der Waals surface area contributed by atoms with Crippen LogP contribution in [0.1, 0.15) is 5.56 Å². The summed E-state index contributed by atoms with van der Waals surface area (Å²) in [5.74, 6) is -1.37. The smallest absolute Gasteiger partial charge is 0.282 e. The van der Waals surface area contributed by atoms with E-state index in [1.165, 1.54) is 18.2 Å². The Kier molecular flexibility index (Phi) is 4.79. The van der Waals surface area contributed by atoms with Crippen molar-refractivity contribution in [1.29, 1.82) is 0 Å². The van der Waals surface area contributed by atoms with E-state index in [4.69, 9.17) is 0 Å². The van der Waals surface area contributed by atoms with Crippen LogP contribution in [0.15, 0.2) is 89.0 Å². The number of amides is 2. The summed E-state index contributed by atoms with van der Waals surface area (Å²) in [6.45, 7) is 0. The van der Waals surface area contributed by atoms with Gasteiger partial charge in [-0.2, -0.15) is 0 Å². The summed E-state index contributed by atoms with van der Waals surface area (Å²) in [5, 5.41) is 2.94. The van der Waals surface area contributed by atoms with Gasteiger partial charge in [0.05, 0.1) is 11.3 Å². The van der Waals surface area contributed by atoms with Crippen LogP contribution in [0.2, 0.25) is 0 Å². The second-order valence-electron chi connectivity index (χ2n) is 6.18. The van der Waals surface area contributed by atoms with Crippen LogP contribution in [0.25, 0.3) is 5.57 Å². The maximum absolute atomic E-state index is 13.6. The Morgan fingerprint density at radius 2 is 1.57 bits per heavy atom. The highest BCUT2D eigenvalue weighted by Crippen LogP contribution is 2.34. The number of rotatable bonds is 4. The van der Waals surface area contributed by atoms with Gasteiger partial charge in [0, 0.05) is 10.2 Å². The number of hydrogen-bond donors (Lipinski definition) is 1. The molecule has 0 bridgehead atoms. The van der Waals surface area contributed by atoms with E-state index in [1.807, 2.05) is 12.1 Å². The fourth-order valence-electron chi connectivity index (χ4n) is 3.08. The van der Waals surface area contributed by atoms with Crippen molar-refractivity contribution in [3.63, 3.8) is 0 Å². The highest BCUT2D eigenvalue weighted by molar-refractivity contribution is 9.10. The number of hydrogen-bond acceptors (Lipinski definition) is 3. The van der Waals surface area contributed by atoms with Crippen LogP contribution >= 0.6 is 15.9 Å². The molecule has 2 amide bonds. The topological polar surface area (TPSA) is 49.4 Å². The molecule has 1 aliphatic rings. The number of carbonyl (C=O) groups excluding carboxylic acids is 2. The fraction of sp³-hybridized carbons (Fsp3) is 0. The molecule has 138 valence electrons.